The van der Waals surface area contributed by atoms with Crippen molar-refractivity contribution in [1.29, 1.82) is 5.26 Å². The van der Waals surface area contributed by atoms with Gasteiger partial charge in [0.05, 0.1) is 19.2 Å². The standard InChI is InChI=1S/C18H19N3O/c19-13-18(15-22)14-20(16-7-3-1-4-8-16)11-12-21(18)17-9-5-2-6-10-17/h1-10,22H,11-12,14-15H2/t18-/m1/s1. The average molecular weight is 293 g/mol. The van der Waals surface area contributed by atoms with E-state index >= 15 is 0 Å². The molecule has 0 unspecified atom stereocenters. The van der Waals surface area contributed by atoms with Gasteiger partial charge in [-0.15, -0.1) is 0 Å². The Morgan fingerprint density at radius 3 is 2.09 bits per heavy atom. The first-order valence-corrected chi connectivity index (χ1v) is 7.44. The van der Waals surface area contributed by atoms with Crippen molar-refractivity contribution in [2.75, 3.05) is 36.0 Å². The first kappa shape index (κ1) is 14.4. The third-order valence-corrected chi connectivity index (χ3v) is 4.22. The van der Waals surface area contributed by atoms with E-state index in [2.05, 4.69) is 11.0 Å². The van der Waals surface area contributed by atoms with Gasteiger partial charge in [0.15, 0.2) is 5.54 Å². The number of rotatable bonds is 3. The smallest absolute Gasteiger partial charge is 0.168 e. The largest absolute Gasteiger partial charge is 0.393 e. The minimum absolute atomic E-state index is 0.193. The summed E-state index contributed by atoms with van der Waals surface area (Å²) in [5.41, 5.74) is 1.14. The highest BCUT2D eigenvalue weighted by Gasteiger charge is 2.42. The van der Waals surface area contributed by atoms with E-state index in [4.69, 9.17) is 0 Å². The van der Waals surface area contributed by atoms with Crippen LogP contribution >= 0.6 is 0 Å². The summed E-state index contributed by atoms with van der Waals surface area (Å²) in [4.78, 5) is 4.19. The minimum atomic E-state index is -0.921. The molecule has 22 heavy (non-hydrogen) atoms. The van der Waals surface area contributed by atoms with Crippen LogP contribution in [0.2, 0.25) is 0 Å². The average Bonchev–Trinajstić information content (AvgIpc) is 2.62. The van der Waals surface area contributed by atoms with Gasteiger partial charge in [0.2, 0.25) is 0 Å². The Morgan fingerprint density at radius 2 is 1.55 bits per heavy atom. The number of nitrogens with zero attached hydrogens (tertiary/aromatic N) is 3. The number of piperazine rings is 1. The summed E-state index contributed by atoms with van der Waals surface area (Å²) >= 11 is 0. The molecule has 0 bridgehead atoms. The fraction of sp³-hybridized carbons (Fsp3) is 0.278. The van der Waals surface area contributed by atoms with Crippen LogP contribution < -0.4 is 9.80 Å². The van der Waals surface area contributed by atoms with E-state index in [1.807, 2.05) is 65.6 Å². The molecule has 4 heteroatoms. The highest BCUT2D eigenvalue weighted by molar-refractivity contribution is 5.57. The van der Waals surface area contributed by atoms with Crippen LogP contribution in [0.3, 0.4) is 0 Å². The number of benzene rings is 2. The van der Waals surface area contributed by atoms with Crippen LogP contribution in [0, 0.1) is 11.3 Å². The zero-order valence-corrected chi connectivity index (χ0v) is 12.4. The molecule has 2 aromatic carbocycles. The summed E-state index contributed by atoms with van der Waals surface area (Å²) < 4.78 is 0. The van der Waals surface area contributed by atoms with Crippen molar-refractivity contribution in [2.45, 2.75) is 5.54 Å². The molecule has 0 amide bonds. The normalized spacial score (nSPS) is 21.5. The Balaban J connectivity index is 1.92. The lowest BCUT2D eigenvalue weighted by molar-refractivity contribution is 0.216. The Hall–Kier alpha value is -2.51. The lowest BCUT2D eigenvalue weighted by Gasteiger charge is -2.48. The van der Waals surface area contributed by atoms with Crippen LogP contribution in [-0.4, -0.2) is 36.9 Å². The molecular weight excluding hydrogens is 274 g/mol. The predicted octanol–water partition coefficient (Wildman–Crippen LogP) is 2.27. The van der Waals surface area contributed by atoms with Gasteiger partial charge >= 0.3 is 0 Å². The van der Waals surface area contributed by atoms with Crippen molar-refractivity contribution < 1.29 is 5.11 Å². The summed E-state index contributed by atoms with van der Waals surface area (Å²) in [5.74, 6) is 0. The number of nitriles is 1. The molecule has 1 heterocycles. The van der Waals surface area contributed by atoms with Crippen LogP contribution in [0.25, 0.3) is 0 Å². The van der Waals surface area contributed by atoms with E-state index in [0.29, 0.717) is 13.1 Å². The summed E-state index contributed by atoms with van der Waals surface area (Å²) in [7, 11) is 0. The maximum atomic E-state index is 9.95. The van der Waals surface area contributed by atoms with Crippen LogP contribution in [0.1, 0.15) is 0 Å². The van der Waals surface area contributed by atoms with E-state index in [1.54, 1.807) is 0 Å². The molecule has 0 spiro atoms. The summed E-state index contributed by atoms with van der Waals surface area (Å²) in [6.07, 6.45) is 0. The highest BCUT2D eigenvalue weighted by Crippen LogP contribution is 2.30. The van der Waals surface area contributed by atoms with Gasteiger partial charge in [0.25, 0.3) is 0 Å². The molecule has 0 aliphatic carbocycles. The number of aliphatic hydroxyl groups is 1. The highest BCUT2D eigenvalue weighted by atomic mass is 16.3. The molecule has 1 aliphatic rings. The fourth-order valence-corrected chi connectivity index (χ4v) is 3.02. The number of aliphatic hydroxyl groups excluding tert-OH is 1. The maximum Gasteiger partial charge on any atom is 0.168 e. The Kier molecular flexibility index (Phi) is 3.99. The lowest BCUT2D eigenvalue weighted by Crippen LogP contribution is -2.64. The number of anilines is 2. The van der Waals surface area contributed by atoms with Gasteiger partial charge in [-0.3, -0.25) is 0 Å². The Bertz CT molecular complexity index is 653. The van der Waals surface area contributed by atoms with Crippen molar-refractivity contribution in [1.82, 2.24) is 0 Å². The first-order valence-electron chi connectivity index (χ1n) is 7.44. The molecule has 2 aromatic rings. The molecule has 0 aromatic heterocycles. The zero-order valence-electron chi connectivity index (χ0n) is 12.4. The topological polar surface area (TPSA) is 50.5 Å². The first-order chi connectivity index (χ1) is 10.8. The second kappa shape index (κ2) is 6.08. The van der Waals surface area contributed by atoms with E-state index in [9.17, 15) is 10.4 Å². The summed E-state index contributed by atoms with van der Waals surface area (Å²) in [6.45, 7) is 1.82. The fourth-order valence-electron chi connectivity index (χ4n) is 3.02. The molecule has 1 fully saturated rings. The predicted molar refractivity (Wildman–Crippen MR) is 87.9 cm³/mol. The lowest BCUT2D eigenvalue weighted by atomic mass is 9.95. The summed E-state index contributed by atoms with van der Waals surface area (Å²) in [6, 6.07) is 22.2. The monoisotopic (exact) mass is 293 g/mol. The van der Waals surface area contributed by atoms with Crippen molar-refractivity contribution in [3.8, 4) is 6.07 Å². The van der Waals surface area contributed by atoms with E-state index in [-0.39, 0.29) is 6.61 Å². The van der Waals surface area contributed by atoms with Crippen LogP contribution in [0.5, 0.6) is 0 Å². The minimum Gasteiger partial charge on any atom is -0.393 e. The second-order valence-corrected chi connectivity index (χ2v) is 5.55. The SMILES string of the molecule is N#C[C@]1(CO)CN(c2ccccc2)CCN1c1ccccc1. The van der Waals surface area contributed by atoms with Crippen LogP contribution in [-0.2, 0) is 0 Å². The number of hydrogen-bond acceptors (Lipinski definition) is 4. The Labute approximate surface area is 130 Å². The van der Waals surface area contributed by atoms with E-state index in [0.717, 1.165) is 17.9 Å². The van der Waals surface area contributed by atoms with Crippen molar-refractivity contribution in [3.05, 3.63) is 60.7 Å². The summed E-state index contributed by atoms with van der Waals surface area (Å²) in [5, 5.41) is 19.7. The molecule has 1 N–H and O–H groups in total. The number of hydrogen-bond donors (Lipinski definition) is 1. The van der Waals surface area contributed by atoms with Gasteiger partial charge in [0.1, 0.15) is 0 Å². The van der Waals surface area contributed by atoms with Gasteiger partial charge in [0, 0.05) is 24.5 Å². The van der Waals surface area contributed by atoms with Gasteiger partial charge in [-0.25, -0.2) is 0 Å². The molecule has 112 valence electrons. The number of para-hydroxylation sites is 2. The molecular formula is C18H19N3O. The molecule has 3 rings (SSSR count). The van der Waals surface area contributed by atoms with E-state index in [1.165, 1.54) is 0 Å². The van der Waals surface area contributed by atoms with Gasteiger partial charge in [-0.2, -0.15) is 5.26 Å². The van der Waals surface area contributed by atoms with Crippen molar-refractivity contribution in [3.63, 3.8) is 0 Å². The molecule has 4 nitrogen and oxygen atoms in total. The molecule has 1 atom stereocenters. The van der Waals surface area contributed by atoms with Crippen LogP contribution in [0.15, 0.2) is 60.7 Å². The van der Waals surface area contributed by atoms with Gasteiger partial charge < -0.3 is 14.9 Å². The molecule has 0 radical (unpaired) electrons. The third kappa shape index (κ3) is 2.51. The Morgan fingerprint density at radius 1 is 0.955 bits per heavy atom. The van der Waals surface area contributed by atoms with Gasteiger partial charge in [-0.05, 0) is 24.3 Å². The third-order valence-electron chi connectivity index (χ3n) is 4.22. The van der Waals surface area contributed by atoms with Gasteiger partial charge in [-0.1, -0.05) is 36.4 Å². The van der Waals surface area contributed by atoms with E-state index < -0.39 is 5.54 Å². The second-order valence-electron chi connectivity index (χ2n) is 5.55. The van der Waals surface area contributed by atoms with Crippen molar-refractivity contribution in [2.24, 2.45) is 0 Å². The van der Waals surface area contributed by atoms with Crippen LogP contribution in [0.4, 0.5) is 11.4 Å². The molecule has 1 aliphatic heterocycles. The maximum absolute atomic E-state index is 9.95. The van der Waals surface area contributed by atoms with Crippen molar-refractivity contribution >= 4 is 11.4 Å². The molecule has 0 saturated carbocycles. The zero-order chi connectivity index (χ0) is 15.4. The molecule has 1 saturated heterocycles. The quantitative estimate of drug-likeness (QED) is 0.943.